The van der Waals surface area contributed by atoms with Gasteiger partial charge in [0.1, 0.15) is 11.5 Å². The quantitative estimate of drug-likeness (QED) is 0.803. The first-order valence-corrected chi connectivity index (χ1v) is 9.06. The Morgan fingerprint density at radius 3 is 2.62 bits per heavy atom. The Bertz CT molecular complexity index is 510. The van der Waals surface area contributed by atoms with E-state index in [1.807, 2.05) is 32.0 Å². The topological polar surface area (TPSA) is 56.8 Å². The van der Waals surface area contributed by atoms with Gasteiger partial charge in [0.2, 0.25) is 0 Å². The lowest BCUT2D eigenvalue weighted by Gasteiger charge is -2.26. The molecule has 0 aliphatic carbocycles. The van der Waals surface area contributed by atoms with Gasteiger partial charge in [-0.2, -0.15) is 0 Å². The fourth-order valence-electron chi connectivity index (χ4n) is 2.60. The molecule has 0 saturated carbocycles. The molecule has 1 aliphatic rings. The zero-order chi connectivity index (χ0) is 15.3. The molecule has 0 saturated heterocycles. The second-order valence-electron chi connectivity index (χ2n) is 4.95. The van der Waals surface area contributed by atoms with Gasteiger partial charge < -0.3 is 19.1 Å². The average Bonchev–Trinajstić information content (AvgIpc) is 2.69. The van der Waals surface area contributed by atoms with E-state index in [4.69, 9.17) is 13.8 Å². The van der Waals surface area contributed by atoms with Crippen molar-refractivity contribution in [2.45, 2.75) is 38.9 Å². The van der Waals surface area contributed by atoms with Crippen LogP contribution in [0.3, 0.4) is 0 Å². The number of fused-ring (bicyclic) bond motifs is 1. The van der Waals surface area contributed by atoms with Crippen LogP contribution in [0.25, 0.3) is 0 Å². The van der Waals surface area contributed by atoms with Crippen LogP contribution < -0.4 is 10.1 Å². The fourth-order valence-corrected chi connectivity index (χ4v) is 4.55. The van der Waals surface area contributed by atoms with Crippen molar-refractivity contribution in [3.63, 3.8) is 0 Å². The number of hydrogen-bond acceptors (Lipinski definition) is 5. The highest BCUT2D eigenvalue weighted by molar-refractivity contribution is 7.54. The van der Waals surface area contributed by atoms with Crippen LogP contribution in [0.5, 0.6) is 5.75 Å². The monoisotopic (exact) mass is 313 g/mol. The van der Waals surface area contributed by atoms with Crippen LogP contribution in [0, 0.1) is 0 Å². The molecule has 0 radical (unpaired) electrons. The molecule has 5 nitrogen and oxygen atoms in total. The lowest BCUT2D eigenvalue weighted by atomic mass is 10.1. The minimum atomic E-state index is -3.14. The first kappa shape index (κ1) is 16.3. The van der Waals surface area contributed by atoms with Crippen LogP contribution >= 0.6 is 7.60 Å². The van der Waals surface area contributed by atoms with Crippen LogP contribution in [0.4, 0.5) is 5.69 Å². The highest BCUT2D eigenvalue weighted by Crippen LogP contribution is 2.55. The minimum absolute atomic E-state index is 0.299. The Labute approximate surface area is 126 Å². The Morgan fingerprint density at radius 1 is 1.29 bits per heavy atom. The molecule has 0 bridgehead atoms. The van der Waals surface area contributed by atoms with Crippen LogP contribution in [-0.2, 0) is 20.0 Å². The van der Waals surface area contributed by atoms with E-state index >= 15 is 0 Å². The highest BCUT2D eigenvalue weighted by Gasteiger charge is 2.36. The van der Waals surface area contributed by atoms with Gasteiger partial charge in [0.15, 0.2) is 0 Å². The third-order valence-corrected chi connectivity index (χ3v) is 5.94. The zero-order valence-corrected chi connectivity index (χ0v) is 13.8. The fraction of sp³-hybridized carbons (Fsp3) is 0.600. The molecular weight excluding hydrogens is 289 g/mol. The molecule has 1 atom stereocenters. The molecule has 6 heteroatoms. The lowest BCUT2D eigenvalue weighted by Crippen LogP contribution is -2.21. The number of methoxy groups -OCH3 is 1. The molecule has 1 unspecified atom stereocenters. The number of benzene rings is 1. The Kier molecular flexibility index (Phi) is 5.68. The third-order valence-electron chi connectivity index (χ3n) is 3.56. The van der Waals surface area contributed by atoms with Crippen molar-refractivity contribution in [2.24, 2.45) is 0 Å². The van der Waals surface area contributed by atoms with Gasteiger partial charge in [0.25, 0.3) is 0 Å². The standard InChI is InChI=1S/C15H24NO4P/c1-4-19-21(17,20-5-2)15-8-6-7-12-11-13(18-3)9-10-14(12)16-15/h9-11,15-16H,4-8H2,1-3H3. The van der Waals surface area contributed by atoms with Gasteiger partial charge in [0, 0.05) is 5.69 Å². The van der Waals surface area contributed by atoms with Gasteiger partial charge >= 0.3 is 7.60 Å². The molecule has 1 heterocycles. The van der Waals surface area contributed by atoms with Crippen molar-refractivity contribution < 1.29 is 18.3 Å². The molecule has 2 rings (SSSR count). The molecule has 1 aromatic rings. The van der Waals surface area contributed by atoms with E-state index in [-0.39, 0.29) is 5.78 Å². The summed E-state index contributed by atoms with van der Waals surface area (Å²) < 4.78 is 29.1. The van der Waals surface area contributed by atoms with E-state index in [9.17, 15) is 4.57 Å². The molecule has 118 valence electrons. The Morgan fingerprint density at radius 2 is 2.00 bits per heavy atom. The summed E-state index contributed by atoms with van der Waals surface area (Å²) >= 11 is 0. The summed E-state index contributed by atoms with van der Waals surface area (Å²) in [5, 5.41) is 3.35. The third kappa shape index (κ3) is 3.79. The zero-order valence-electron chi connectivity index (χ0n) is 12.9. The molecule has 1 aromatic carbocycles. The number of aryl methyl sites for hydroxylation is 1. The maximum Gasteiger partial charge on any atom is 0.352 e. The predicted molar refractivity (Wildman–Crippen MR) is 84.2 cm³/mol. The summed E-state index contributed by atoms with van der Waals surface area (Å²) in [7, 11) is -1.48. The second kappa shape index (κ2) is 7.30. The van der Waals surface area contributed by atoms with Gasteiger partial charge in [-0.1, -0.05) is 0 Å². The van der Waals surface area contributed by atoms with E-state index in [0.29, 0.717) is 13.2 Å². The summed E-state index contributed by atoms with van der Waals surface area (Å²) in [6.45, 7) is 4.43. The lowest BCUT2D eigenvalue weighted by molar-refractivity contribution is 0.213. The molecule has 0 fully saturated rings. The van der Waals surface area contributed by atoms with Gasteiger partial charge in [0.05, 0.1) is 20.3 Å². The van der Waals surface area contributed by atoms with Gasteiger partial charge in [-0.25, -0.2) is 0 Å². The van der Waals surface area contributed by atoms with E-state index in [1.165, 1.54) is 5.56 Å². The maximum atomic E-state index is 12.9. The molecule has 0 spiro atoms. The molecule has 0 aromatic heterocycles. The van der Waals surface area contributed by atoms with Gasteiger partial charge in [-0.3, -0.25) is 4.57 Å². The molecule has 1 aliphatic heterocycles. The smallest absolute Gasteiger partial charge is 0.352 e. The van der Waals surface area contributed by atoms with Crippen molar-refractivity contribution >= 4 is 13.3 Å². The van der Waals surface area contributed by atoms with E-state index in [2.05, 4.69) is 5.32 Å². The summed E-state index contributed by atoms with van der Waals surface area (Å²) in [6, 6.07) is 5.90. The van der Waals surface area contributed by atoms with E-state index < -0.39 is 7.60 Å². The normalized spacial score (nSPS) is 18.5. The van der Waals surface area contributed by atoms with Crippen LogP contribution in [0.2, 0.25) is 0 Å². The first-order chi connectivity index (χ1) is 10.1. The molecule has 21 heavy (non-hydrogen) atoms. The van der Waals surface area contributed by atoms with Crippen molar-refractivity contribution in [2.75, 3.05) is 25.6 Å². The highest BCUT2D eigenvalue weighted by atomic mass is 31.2. The van der Waals surface area contributed by atoms with Crippen molar-refractivity contribution in [3.8, 4) is 5.75 Å². The number of hydrogen-bond donors (Lipinski definition) is 1. The maximum absolute atomic E-state index is 12.9. The van der Waals surface area contributed by atoms with E-state index in [1.54, 1.807) is 7.11 Å². The van der Waals surface area contributed by atoms with Crippen LogP contribution in [0.15, 0.2) is 18.2 Å². The van der Waals surface area contributed by atoms with Crippen molar-refractivity contribution in [1.82, 2.24) is 0 Å². The molecular formula is C15H24NO4P. The van der Waals surface area contributed by atoms with Gasteiger partial charge in [-0.05, 0) is 56.9 Å². The summed E-state index contributed by atoms with van der Waals surface area (Å²) in [5.74, 6) is 0.541. The largest absolute Gasteiger partial charge is 0.497 e. The van der Waals surface area contributed by atoms with Crippen LogP contribution in [-0.4, -0.2) is 26.1 Å². The minimum Gasteiger partial charge on any atom is -0.497 e. The molecule has 0 amide bonds. The van der Waals surface area contributed by atoms with Gasteiger partial charge in [-0.15, -0.1) is 0 Å². The second-order valence-corrected chi connectivity index (χ2v) is 7.17. The predicted octanol–water partition coefficient (Wildman–Crippen LogP) is 4.04. The number of anilines is 1. The molecule has 1 N–H and O–H groups in total. The Balaban J connectivity index is 2.25. The van der Waals surface area contributed by atoms with Crippen molar-refractivity contribution in [3.05, 3.63) is 23.8 Å². The van der Waals surface area contributed by atoms with E-state index in [0.717, 1.165) is 30.7 Å². The van der Waals surface area contributed by atoms with Crippen molar-refractivity contribution in [1.29, 1.82) is 0 Å². The SMILES string of the molecule is CCOP(=O)(OCC)C1CCCc2cc(OC)ccc2N1. The number of ether oxygens (including phenoxy) is 1. The summed E-state index contributed by atoms with van der Waals surface area (Å²) in [6.07, 6.45) is 2.62. The first-order valence-electron chi connectivity index (χ1n) is 7.45. The number of rotatable bonds is 6. The number of nitrogens with one attached hydrogen (secondary N) is 1. The van der Waals surface area contributed by atoms with Crippen LogP contribution in [0.1, 0.15) is 32.3 Å². The average molecular weight is 313 g/mol. The summed E-state index contributed by atoms with van der Waals surface area (Å²) in [4.78, 5) is 0. The Hall–Kier alpha value is -1.03. The summed E-state index contributed by atoms with van der Waals surface area (Å²) in [5.41, 5.74) is 2.16.